The molecule has 1 aliphatic rings. The number of hydrogen-bond acceptors (Lipinski definition) is 7. The van der Waals surface area contributed by atoms with Crippen LogP contribution in [-0.4, -0.2) is 53.9 Å². The number of aromatic nitrogens is 3. The smallest absolute Gasteiger partial charge is 0.323 e. The van der Waals surface area contributed by atoms with Gasteiger partial charge in [-0.2, -0.15) is 15.0 Å². The van der Waals surface area contributed by atoms with Gasteiger partial charge in [0.05, 0.1) is 18.8 Å². The summed E-state index contributed by atoms with van der Waals surface area (Å²) in [5.74, 6) is 1.14. The number of anilines is 2. The van der Waals surface area contributed by atoms with Gasteiger partial charge in [-0.25, -0.2) is 0 Å². The predicted molar refractivity (Wildman–Crippen MR) is 72.8 cm³/mol. The van der Waals surface area contributed by atoms with Crippen molar-refractivity contribution in [3.8, 4) is 6.01 Å². The highest BCUT2D eigenvalue weighted by atomic mass is 16.5. The Hall–Kier alpha value is -1.63. The summed E-state index contributed by atoms with van der Waals surface area (Å²) in [6.45, 7) is 8.16. The van der Waals surface area contributed by atoms with Crippen LogP contribution in [0.2, 0.25) is 0 Å². The molecule has 0 aromatic carbocycles. The summed E-state index contributed by atoms with van der Waals surface area (Å²) in [7, 11) is 1.78. The molecule has 1 N–H and O–H groups in total. The van der Waals surface area contributed by atoms with Crippen molar-refractivity contribution < 1.29 is 9.47 Å². The van der Waals surface area contributed by atoms with Crippen LogP contribution >= 0.6 is 0 Å². The van der Waals surface area contributed by atoms with Crippen LogP contribution in [0, 0.1) is 0 Å². The summed E-state index contributed by atoms with van der Waals surface area (Å²) in [5.41, 5.74) is 0. The maximum Gasteiger partial charge on any atom is 0.323 e. The van der Waals surface area contributed by atoms with Crippen molar-refractivity contribution in [3.05, 3.63) is 0 Å². The van der Waals surface area contributed by atoms with Crippen LogP contribution in [0.5, 0.6) is 6.01 Å². The minimum atomic E-state index is 0.0311. The fraction of sp³-hybridized carbons (Fsp3) is 0.750. The van der Waals surface area contributed by atoms with E-state index in [4.69, 9.17) is 9.47 Å². The zero-order valence-electron chi connectivity index (χ0n) is 11.9. The molecule has 1 aliphatic heterocycles. The third-order valence-electron chi connectivity index (χ3n) is 2.69. The number of ether oxygens (including phenoxy) is 2. The molecule has 1 aromatic rings. The third kappa shape index (κ3) is 3.66. The van der Waals surface area contributed by atoms with Crippen molar-refractivity contribution in [2.24, 2.45) is 0 Å². The molecule has 0 saturated carbocycles. The Morgan fingerprint density at radius 1 is 1.37 bits per heavy atom. The Morgan fingerprint density at radius 3 is 2.79 bits per heavy atom. The van der Waals surface area contributed by atoms with Crippen molar-refractivity contribution in [3.63, 3.8) is 0 Å². The Labute approximate surface area is 113 Å². The van der Waals surface area contributed by atoms with E-state index < -0.39 is 0 Å². The first-order valence-corrected chi connectivity index (χ1v) is 6.55. The van der Waals surface area contributed by atoms with Crippen LogP contribution in [0.15, 0.2) is 0 Å². The average molecular weight is 267 g/mol. The summed E-state index contributed by atoms with van der Waals surface area (Å²) in [6, 6.07) is 0.350. The van der Waals surface area contributed by atoms with E-state index in [9.17, 15) is 0 Å². The monoisotopic (exact) mass is 267 g/mol. The van der Waals surface area contributed by atoms with Gasteiger partial charge in [0, 0.05) is 20.1 Å². The first-order valence-electron chi connectivity index (χ1n) is 6.55. The highest BCUT2D eigenvalue weighted by molar-refractivity contribution is 5.38. The standard InChI is InChI=1S/C12H21N5O2/c1-8(2)19-12-15-10(13-4)14-11(16-12)17-5-6-18-9(3)7-17/h8-9H,5-7H2,1-4H3,(H,13,14,15,16). The van der Waals surface area contributed by atoms with Crippen LogP contribution < -0.4 is 15.0 Å². The fourth-order valence-electron chi connectivity index (χ4n) is 1.86. The Morgan fingerprint density at radius 2 is 2.16 bits per heavy atom. The molecule has 0 bridgehead atoms. The van der Waals surface area contributed by atoms with Crippen LogP contribution in [-0.2, 0) is 4.74 Å². The zero-order valence-corrected chi connectivity index (χ0v) is 11.9. The molecule has 0 amide bonds. The topological polar surface area (TPSA) is 72.4 Å². The van der Waals surface area contributed by atoms with Gasteiger partial charge in [-0.15, -0.1) is 0 Å². The van der Waals surface area contributed by atoms with Gasteiger partial charge in [-0.3, -0.25) is 0 Å². The van der Waals surface area contributed by atoms with Crippen molar-refractivity contribution in [1.29, 1.82) is 0 Å². The van der Waals surface area contributed by atoms with Crippen LogP contribution in [0.4, 0.5) is 11.9 Å². The van der Waals surface area contributed by atoms with Crippen LogP contribution in [0.3, 0.4) is 0 Å². The molecule has 0 radical (unpaired) electrons. The van der Waals surface area contributed by atoms with E-state index in [-0.39, 0.29) is 12.2 Å². The highest BCUT2D eigenvalue weighted by Gasteiger charge is 2.21. The Kier molecular flexibility index (Phi) is 4.36. The van der Waals surface area contributed by atoms with E-state index in [1.54, 1.807) is 7.05 Å². The van der Waals surface area contributed by atoms with Crippen molar-refractivity contribution >= 4 is 11.9 Å². The summed E-state index contributed by atoms with van der Waals surface area (Å²) in [6.07, 6.45) is 0.210. The number of nitrogens with zero attached hydrogens (tertiary/aromatic N) is 4. The SMILES string of the molecule is CNc1nc(OC(C)C)nc(N2CCOC(C)C2)n1. The molecule has 2 rings (SSSR count). The number of nitrogens with one attached hydrogen (secondary N) is 1. The van der Waals surface area contributed by atoms with E-state index in [1.807, 2.05) is 20.8 Å². The minimum absolute atomic E-state index is 0.0311. The van der Waals surface area contributed by atoms with Gasteiger partial charge in [-0.05, 0) is 20.8 Å². The minimum Gasteiger partial charge on any atom is -0.461 e. The largest absolute Gasteiger partial charge is 0.461 e. The van der Waals surface area contributed by atoms with E-state index in [1.165, 1.54) is 0 Å². The molecule has 0 aliphatic carbocycles. The lowest BCUT2D eigenvalue weighted by Crippen LogP contribution is -2.42. The Bertz CT molecular complexity index is 427. The third-order valence-corrected chi connectivity index (χ3v) is 2.69. The maximum absolute atomic E-state index is 5.55. The van der Waals surface area contributed by atoms with Gasteiger partial charge in [0.2, 0.25) is 11.9 Å². The molecule has 7 heteroatoms. The molecule has 1 unspecified atom stereocenters. The summed E-state index contributed by atoms with van der Waals surface area (Å²) < 4.78 is 11.1. The maximum atomic E-state index is 5.55. The van der Waals surface area contributed by atoms with Crippen molar-refractivity contribution in [2.75, 3.05) is 37.0 Å². The van der Waals surface area contributed by atoms with Gasteiger partial charge >= 0.3 is 6.01 Å². The second kappa shape index (κ2) is 6.01. The average Bonchev–Trinajstić information content (AvgIpc) is 2.37. The molecular formula is C12H21N5O2. The van der Waals surface area contributed by atoms with Gasteiger partial charge in [0.25, 0.3) is 0 Å². The van der Waals surface area contributed by atoms with Crippen LogP contribution in [0.25, 0.3) is 0 Å². The lowest BCUT2D eigenvalue weighted by molar-refractivity contribution is 0.0525. The normalized spacial score (nSPS) is 19.6. The molecule has 1 saturated heterocycles. The number of morpholine rings is 1. The summed E-state index contributed by atoms with van der Waals surface area (Å²) in [5, 5.41) is 2.93. The second-order valence-electron chi connectivity index (χ2n) is 4.79. The number of hydrogen-bond donors (Lipinski definition) is 1. The molecule has 7 nitrogen and oxygen atoms in total. The van der Waals surface area contributed by atoms with Crippen LogP contribution in [0.1, 0.15) is 20.8 Å². The summed E-state index contributed by atoms with van der Waals surface area (Å²) >= 11 is 0. The van der Waals surface area contributed by atoms with E-state index in [2.05, 4.69) is 25.2 Å². The first-order chi connectivity index (χ1) is 9.08. The zero-order chi connectivity index (χ0) is 13.8. The van der Waals surface area contributed by atoms with E-state index in [0.717, 1.165) is 13.1 Å². The van der Waals surface area contributed by atoms with E-state index >= 15 is 0 Å². The molecule has 1 atom stereocenters. The quantitative estimate of drug-likeness (QED) is 0.869. The molecule has 19 heavy (non-hydrogen) atoms. The lowest BCUT2D eigenvalue weighted by atomic mass is 10.3. The van der Waals surface area contributed by atoms with Crippen molar-refractivity contribution in [1.82, 2.24) is 15.0 Å². The molecule has 0 spiro atoms. The number of rotatable bonds is 4. The van der Waals surface area contributed by atoms with Gasteiger partial charge in [0.15, 0.2) is 0 Å². The van der Waals surface area contributed by atoms with E-state index in [0.29, 0.717) is 24.5 Å². The molecule has 2 heterocycles. The lowest BCUT2D eigenvalue weighted by Gasteiger charge is -2.31. The first kappa shape index (κ1) is 13.8. The fourth-order valence-corrected chi connectivity index (χ4v) is 1.86. The molecule has 106 valence electrons. The second-order valence-corrected chi connectivity index (χ2v) is 4.79. The Balaban J connectivity index is 2.22. The molecular weight excluding hydrogens is 246 g/mol. The van der Waals surface area contributed by atoms with Gasteiger partial charge in [0.1, 0.15) is 0 Å². The van der Waals surface area contributed by atoms with Gasteiger partial charge in [-0.1, -0.05) is 0 Å². The molecule has 1 fully saturated rings. The highest BCUT2D eigenvalue weighted by Crippen LogP contribution is 2.18. The predicted octanol–water partition coefficient (Wildman–Crippen LogP) is 0.926. The van der Waals surface area contributed by atoms with Gasteiger partial charge < -0.3 is 19.7 Å². The van der Waals surface area contributed by atoms with Crippen molar-refractivity contribution in [2.45, 2.75) is 33.0 Å². The molecule has 1 aromatic heterocycles. The summed E-state index contributed by atoms with van der Waals surface area (Å²) in [4.78, 5) is 15.0.